The van der Waals surface area contributed by atoms with E-state index in [1.54, 1.807) is 12.3 Å². The third kappa shape index (κ3) is 3.20. The van der Waals surface area contributed by atoms with Crippen molar-refractivity contribution >= 4 is 23.3 Å². The van der Waals surface area contributed by atoms with Crippen LogP contribution in [-0.2, 0) is 6.54 Å². The number of benzene rings is 1. The van der Waals surface area contributed by atoms with E-state index in [4.69, 9.17) is 11.6 Å². The third-order valence-corrected chi connectivity index (χ3v) is 4.73. The van der Waals surface area contributed by atoms with Gasteiger partial charge in [-0.15, -0.1) is 0 Å². The number of aryl methyl sites for hydroxylation is 2. The van der Waals surface area contributed by atoms with Gasteiger partial charge < -0.3 is 10.2 Å². The van der Waals surface area contributed by atoms with Crippen LogP contribution in [0.4, 0.5) is 10.5 Å². The molecule has 122 valence electrons. The number of carbonyl (C=O) groups excluding carboxylic acids is 1. The quantitative estimate of drug-likeness (QED) is 0.914. The van der Waals surface area contributed by atoms with Gasteiger partial charge in [-0.05, 0) is 50.5 Å². The molecule has 2 amide bonds. The lowest BCUT2D eigenvalue weighted by atomic mass is 10.1. The van der Waals surface area contributed by atoms with Crippen molar-refractivity contribution in [2.45, 2.75) is 39.3 Å². The van der Waals surface area contributed by atoms with Crippen molar-refractivity contribution in [2.24, 2.45) is 0 Å². The van der Waals surface area contributed by atoms with E-state index >= 15 is 0 Å². The van der Waals surface area contributed by atoms with Gasteiger partial charge in [0.05, 0.1) is 11.7 Å². The number of anilines is 1. The number of nitrogens with zero attached hydrogens (tertiary/aromatic N) is 3. The number of hydrogen-bond acceptors (Lipinski definition) is 2. The van der Waals surface area contributed by atoms with Gasteiger partial charge >= 0.3 is 6.03 Å². The zero-order chi connectivity index (χ0) is 16.4. The topological polar surface area (TPSA) is 50.2 Å². The van der Waals surface area contributed by atoms with Crippen LogP contribution in [-0.4, -0.2) is 27.3 Å². The van der Waals surface area contributed by atoms with Gasteiger partial charge in [0.25, 0.3) is 0 Å². The van der Waals surface area contributed by atoms with Gasteiger partial charge in [-0.3, -0.25) is 4.68 Å². The largest absolute Gasteiger partial charge is 0.322 e. The van der Waals surface area contributed by atoms with E-state index in [1.165, 1.54) is 0 Å². The van der Waals surface area contributed by atoms with Gasteiger partial charge in [0.15, 0.2) is 0 Å². The maximum absolute atomic E-state index is 12.7. The van der Waals surface area contributed by atoms with Gasteiger partial charge in [0.1, 0.15) is 0 Å². The van der Waals surface area contributed by atoms with Gasteiger partial charge in [0.2, 0.25) is 0 Å². The highest BCUT2D eigenvalue weighted by molar-refractivity contribution is 6.31. The molecule has 1 aromatic carbocycles. The van der Waals surface area contributed by atoms with E-state index in [-0.39, 0.29) is 12.1 Å². The number of aromatic nitrogens is 2. The van der Waals surface area contributed by atoms with Gasteiger partial charge in [-0.1, -0.05) is 17.7 Å². The molecule has 1 fully saturated rings. The average molecular weight is 333 g/mol. The summed E-state index contributed by atoms with van der Waals surface area (Å²) in [6.07, 6.45) is 3.77. The molecule has 1 aliphatic rings. The summed E-state index contributed by atoms with van der Waals surface area (Å²) in [5.41, 5.74) is 2.82. The number of urea groups is 1. The smallest absolute Gasteiger partial charge is 0.316 e. The highest BCUT2D eigenvalue weighted by Crippen LogP contribution is 2.32. The zero-order valence-electron chi connectivity index (χ0n) is 13.4. The minimum atomic E-state index is -0.0868. The van der Waals surface area contributed by atoms with Crippen molar-refractivity contribution in [3.63, 3.8) is 0 Å². The Hall–Kier alpha value is -2.01. The third-order valence-electron chi connectivity index (χ3n) is 4.33. The lowest BCUT2D eigenvalue weighted by Crippen LogP contribution is -2.35. The number of halogens is 1. The van der Waals surface area contributed by atoms with Gasteiger partial charge in [-0.25, -0.2) is 4.79 Å². The second-order valence-electron chi connectivity index (χ2n) is 5.82. The van der Waals surface area contributed by atoms with Gasteiger partial charge in [0, 0.05) is 30.0 Å². The summed E-state index contributed by atoms with van der Waals surface area (Å²) in [6.45, 7) is 5.56. The molecular formula is C17H21ClN4O. The summed E-state index contributed by atoms with van der Waals surface area (Å²) >= 11 is 6.13. The molecule has 2 aromatic rings. The first kappa shape index (κ1) is 15.9. The van der Waals surface area contributed by atoms with E-state index < -0.39 is 0 Å². The van der Waals surface area contributed by atoms with Crippen molar-refractivity contribution in [1.82, 2.24) is 14.7 Å². The van der Waals surface area contributed by atoms with E-state index in [1.807, 2.05) is 34.7 Å². The average Bonchev–Trinajstić information content (AvgIpc) is 3.18. The molecule has 2 heterocycles. The number of hydrogen-bond donors (Lipinski definition) is 1. The van der Waals surface area contributed by atoms with Crippen LogP contribution < -0.4 is 5.32 Å². The van der Waals surface area contributed by atoms with Crippen LogP contribution in [0, 0.1) is 6.92 Å². The highest BCUT2D eigenvalue weighted by Gasteiger charge is 2.32. The Morgan fingerprint density at radius 3 is 3.00 bits per heavy atom. The maximum Gasteiger partial charge on any atom is 0.322 e. The molecule has 1 aliphatic heterocycles. The fraction of sp³-hybridized carbons (Fsp3) is 0.412. The van der Waals surface area contributed by atoms with Crippen molar-refractivity contribution in [1.29, 1.82) is 0 Å². The predicted octanol–water partition coefficient (Wildman–Crippen LogP) is 4.23. The Balaban J connectivity index is 1.77. The van der Waals surface area contributed by atoms with Crippen LogP contribution in [0.3, 0.4) is 0 Å². The van der Waals surface area contributed by atoms with Crippen LogP contribution in [0.2, 0.25) is 5.02 Å². The maximum atomic E-state index is 12.7. The first-order chi connectivity index (χ1) is 11.1. The Kier molecular flexibility index (Phi) is 4.57. The summed E-state index contributed by atoms with van der Waals surface area (Å²) in [5.74, 6) is 0. The number of amides is 2. The number of likely N-dealkylation sites (tertiary alicyclic amines) is 1. The molecule has 0 saturated carbocycles. The minimum absolute atomic E-state index is 0.0818. The SMILES string of the molecule is CCn1nccc1[C@@H]1CCCN1C(=O)Nc1ccc(C)c(Cl)c1. The Bertz CT molecular complexity index is 712. The van der Waals surface area contributed by atoms with Crippen LogP contribution in [0.25, 0.3) is 0 Å². The molecule has 0 unspecified atom stereocenters. The van der Waals surface area contributed by atoms with E-state index in [9.17, 15) is 4.79 Å². The Morgan fingerprint density at radius 1 is 1.43 bits per heavy atom. The van der Waals surface area contributed by atoms with E-state index in [2.05, 4.69) is 17.3 Å². The number of rotatable bonds is 3. The minimum Gasteiger partial charge on any atom is -0.316 e. The van der Waals surface area contributed by atoms with Crippen molar-refractivity contribution < 1.29 is 4.79 Å². The second-order valence-corrected chi connectivity index (χ2v) is 6.22. The van der Waals surface area contributed by atoms with Gasteiger partial charge in [-0.2, -0.15) is 5.10 Å². The standard InChI is InChI=1S/C17H21ClN4O/c1-3-22-16(8-9-19-22)15-5-4-10-21(15)17(23)20-13-7-6-12(2)14(18)11-13/h6-9,11,15H,3-5,10H2,1-2H3,(H,20,23)/t15-/m0/s1. The fourth-order valence-corrected chi connectivity index (χ4v) is 3.25. The molecule has 0 spiro atoms. The zero-order valence-corrected chi connectivity index (χ0v) is 14.2. The predicted molar refractivity (Wildman–Crippen MR) is 91.8 cm³/mol. The molecular weight excluding hydrogens is 312 g/mol. The number of carbonyl (C=O) groups is 1. The Labute approximate surface area is 141 Å². The summed E-state index contributed by atoms with van der Waals surface area (Å²) < 4.78 is 1.96. The first-order valence-corrected chi connectivity index (χ1v) is 8.33. The first-order valence-electron chi connectivity index (χ1n) is 7.95. The molecule has 1 saturated heterocycles. The molecule has 1 aromatic heterocycles. The molecule has 0 aliphatic carbocycles. The molecule has 6 heteroatoms. The van der Waals surface area contributed by atoms with Crippen molar-refractivity contribution in [3.8, 4) is 0 Å². The van der Waals surface area contributed by atoms with Crippen LogP contribution >= 0.6 is 11.6 Å². The fourth-order valence-electron chi connectivity index (χ4n) is 3.07. The number of nitrogens with one attached hydrogen (secondary N) is 1. The summed E-state index contributed by atoms with van der Waals surface area (Å²) in [7, 11) is 0. The summed E-state index contributed by atoms with van der Waals surface area (Å²) in [4.78, 5) is 14.5. The lowest BCUT2D eigenvalue weighted by Gasteiger charge is -2.25. The molecule has 0 bridgehead atoms. The normalized spacial score (nSPS) is 17.5. The molecule has 1 N–H and O–H groups in total. The van der Waals surface area contributed by atoms with Crippen LogP contribution in [0.15, 0.2) is 30.5 Å². The monoisotopic (exact) mass is 332 g/mol. The van der Waals surface area contributed by atoms with E-state index in [0.717, 1.165) is 42.9 Å². The highest BCUT2D eigenvalue weighted by atomic mass is 35.5. The molecule has 0 radical (unpaired) electrons. The molecule has 1 atom stereocenters. The summed E-state index contributed by atoms with van der Waals surface area (Å²) in [6, 6.07) is 7.57. The summed E-state index contributed by atoms with van der Waals surface area (Å²) in [5, 5.41) is 7.93. The second kappa shape index (κ2) is 6.62. The molecule has 5 nitrogen and oxygen atoms in total. The van der Waals surface area contributed by atoms with Crippen molar-refractivity contribution in [3.05, 3.63) is 46.7 Å². The van der Waals surface area contributed by atoms with Crippen LogP contribution in [0.5, 0.6) is 0 Å². The molecule has 23 heavy (non-hydrogen) atoms. The molecule has 3 rings (SSSR count). The van der Waals surface area contributed by atoms with Crippen LogP contribution in [0.1, 0.15) is 37.1 Å². The van der Waals surface area contributed by atoms with Crippen molar-refractivity contribution in [2.75, 3.05) is 11.9 Å². The Morgan fingerprint density at radius 2 is 2.26 bits per heavy atom. The van der Waals surface area contributed by atoms with E-state index in [0.29, 0.717) is 5.02 Å². The lowest BCUT2D eigenvalue weighted by molar-refractivity contribution is 0.204.